The smallest absolute Gasteiger partial charge is 0.315 e. The fourth-order valence-electron chi connectivity index (χ4n) is 1.34. The predicted molar refractivity (Wildman–Crippen MR) is 70.9 cm³/mol. The zero-order valence-corrected chi connectivity index (χ0v) is 11.0. The van der Waals surface area contributed by atoms with Gasteiger partial charge < -0.3 is 4.74 Å². The third kappa shape index (κ3) is 4.77. The summed E-state index contributed by atoms with van der Waals surface area (Å²) >= 11 is 1.44. The largest absolute Gasteiger partial charge is 0.465 e. The first-order valence-electron chi connectivity index (χ1n) is 5.50. The first-order valence-corrected chi connectivity index (χ1v) is 6.66. The minimum Gasteiger partial charge on any atom is -0.465 e. The molecular weight excluding hydrogens is 252 g/mol. The second-order valence-electron chi connectivity index (χ2n) is 3.47. The van der Waals surface area contributed by atoms with E-state index in [-0.39, 0.29) is 11.9 Å². The van der Waals surface area contributed by atoms with Crippen LogP contribution in [0.5, 0.6) is 0 Å². The van der Waals surface area contributed by atoms with Gasteiger partial charge in [-0.25, -0.2) is 5.84 Å². The van der Waals surface area contributed by atoms with Crippen molar-refractivity contribution >= 4 is 23.6 Å². The number of nitrogens with two attached hydrogens (primary N) is 1. The summed E-state index contributed by atoms with van der Waals surface area (Å²) in [4.78, 5) is 22.4. The lowest BCUT2D eigenvalue weighted by atomic mass is 10.1. The van der Waals surface area contributed by atoms with Crippen molar-refractivity contribution in [3.63, 3.8) is 0 Å². The average Bonchev–Trinajstić information content (AvgIpc) is 2.38. The standard InChI is InChI=1S/C12H16N2O3S/c1-2-17-11(15)8-18-7-9-4-3-5-10(6-9)12(16)14-13/h3-6H,2,7-8,13H2,1H3,(H,14,16). The fourth-order valence-corrected chi connectivity index (χ4v) is 2.11. The second kappa shape index (κ2) is 7.73. The number of hydrogen-bond acceptors (Lipinski definition) is 5. The highest BCUT2D eigenvalue weighted by atomic mass is 32.2. The third-order valence-corrected chi connectivity index (χ3v) is 3.09. The van der Waals surface area contributed by atoms with Crippen molar-refractivity contribution in [3.05, 3.63) is 35.4 Å². The average molecular weight is 268 g/mol. The lowest BCUT2D eigenvalue weighted by Gasteiger charge is -2.04. The number of hydrazine groups is 1. The monoisotopic (exact) mass is 268 g/mol. The van der Waals surface area contributed by atoms with Gasteiger partial charge >= 0.3 is 5.97 Å². The van der Waals surface area contributed by atoms with Gasteiger partial charge in [0.15, 0.2) is 0 Å². The first-order chi connectivity index (χ1) is 8.67. The van der Waals surface area contributed by atoms with Crippen LogP contribution in [-0.2, 0) is 15.3 Å². The van der Waals surface area contributed by atoms with Crippen LogP contribution in [0, 0.1) is 0 Å². The molecule has 6 heteroatoms. The molecular formula is C12H16N2O3S. The zero-order chi connectivity index (χ0) is 13.4. The Labute approximate surface area is 110 Å². The highest BCUT2D eigenvalue weighted by Crippen LogP contribution is 2.14. The molecule has 0 fully saturated rings. The van der Waals surface area contributed by atoms with E-state index in [0.29, 0.717) is 23.7 Å². The molecule has 1 aromatic carbocycles. The molecule has 0 saturated carbocycles. The molecule has 0 radical (unpaired) electrons. The first kappa shape index (κ1) is 14.5. The Bertz CT molecular complexity index is 424. The Morgan fingerprint density at radius 2 is 2.22 bits per heavy atom. The van der Waals surface area contributed by atoms with Crippen molar-refractivity contribution in [1.82, 2.24) is 5.43 Å². The van der Waals surface area contributed by atoms with Gasteiger partial charge in [0.25, 0.3) is 5.91 Å². The van der Waals surface area contributed by atoms with E-state index in [0.717, 1.165) is 5.56 Å². The van der Waals surface area contributed by atoms with Crippen molar-refractivity contribution in [2.24, 2.45) is 5.84 Å². The van der Waals surface area contributed by atoms with Crippen molar-refractivity contribution in [2.75, 3.05) is 12.4 Å². The molecule has 0 aliphatic rings. The number of ether oxygens (including phenoxy) is 1. The van der Waals surface area contributed by atoms with Crippen LogP contribution in [0.3, 0.4) is 0 Å². The Morgan fingerprint density at radius 1 is 1.44 bits per heavy atom. The van der Waals surface area contributed by atoms with Gasteiger partial charge in [0.1, 0.15) is 0 Å². The third-order valence-electron chi connectivity index (χ3n) is 2.11. The van der Waals surface area contributed by atoms with Crippen LogP contribution >= 0.6 is 11.8 Å². The van der Waals surface area contributed by atoms with Gasteiger partial charge in [-0.15, -0.1) is 11.8 Å². The van der Waals surface area contributed by atoms with Crippen LogP contribution in [0.1, 0.15) is 22.8 Å². The highest BCUT2D eigenvalue weighted by Gasteiger charge is 2.05. The minimum absolute atomic E-state index is 0.224. The van der Waals surface area contributed by atoms with Gasteiger partial charge in [-0.3, -0.25) is 15.0 Å². The molecule has 0 unspecified atom stereocenters. The van der Waals surface area contributed by atoms with Gasteiger partial charge in [0.2, 0.25) is 0 Å². The lowest BCUT2D eigenvalue weighted by molar-refractivity contribution is -0.139. The summed E-state index contributed by atoms with van der Waals surface area (Å²) in [5, 5.41) is 0. The molecule has 1 amide bonds. The van der Waals surface area contributed by atoms with Crippen LogP contribution in [-0.4, -0.2) is 24.2 Å². The molecule has 0 heterocycles. The number of nitrogens with one attached hydrogen (secondary N) is 1. The molecule has 0 atom stereocenters. The van der Waals surface area contributed by atoms with E-state index in [4.69, 9.17) is 10.6 Å². The van der Waals surface area contributed by atoms with Gasteiger partial charge in [-0.2, -0.15) is 0 Å². The van der Waals surface area contributed by atoms with E-state index in [2.05, 4.69) is 5.43 Å². The molecule has 0 bridgehead atoms. The van der Waals surface area contributed by atoms with Crippen LogP contribution in [0.4, 0.5) is 0 Å². The molecule has 5 nitrogen and oxygen atoms in total. The Kier molecular flexibility index (Phi) is 6.24. The summed E-state index contributed by atoms with van der Waals surface area (Å²) in [7, 11) is 0. The van der Waals surface area contributed by atoms with E-state index in [9.17, 15) is 9.59 Å². The summed E-state index contributed by atoms with van der Waals surface area (Å²) in [6.45, 7) is 2.17. The van der Waals surface area contributed by atoms with Gasteiger partial charge in [-0.05, 0) is 24.6 Å². The maximum Gasteiger partial charge on any atom is 0.315 e. The summed E-state index contributed by atoms with van der Waals surface area (Å²) in [5.41, 5.74) is 3.55. The Balaban J connectivity index is 2.47. The normalized spacial score (nSPS) is 9.89. The number of rotatable bonds is 6. The van der Waals surface area contributed by atoms with Crippen molar-refractivity contribution in [1.29, 1.82) is 0 Å². The molecule has 18 heavy (non-hydrogen) atoms. The number of thioether (sulfide) groups is 1. The van der Waals surface area contributed by atoms with Crippen molar-refractivity contribution in [2.45, 2.75) is 12.7 Å². The van der Waals surface area contributed by atoms with Gasteiger partial charge in [0, 0.05) is 11.3 Å². The van der Waals surface area contributed by atoms with Crippen LogP contribution < -0.4 is 11.3 Å². The maximum atomic E-state index is 11.3. The molecule has 0 aromatic heterocycles. The molecule has 1 aromatic rings. The lowest BCUT2D eigenvalue weighted by Crippen LogP contribution is -2.29. The number of nitrogen functional groups attached to an aromatic ring is 1. The van der Waals surface area contributed by atoms with E-state index < -0.39 is 0 Å². The molecule has 3 N–H and O–H groups in total. The summed E-state index contributed by atoms with van der Waals surface area (Å²) in [6.07, 6.45) is 0. The van der Waals surface area contributed by atoms with Crippen molar-refractivity contribution < 1.29 is 14.3 Å². The maximum absolute atomic E-state index is 11.3. The number of hydrogen-bond donors (Lipinski definition) is 2. The van der Waals surface area contributed by atoms with E-state index in [1.54, 1.807) is 25.1 Å². The van der Waals surface area contributed by atoms with E-state index >= 15 is 0 Å². The molecule has 0 aliphatic heterocycles. The van der Waals surface area contributed by atoms with Crippen LogP contribution in [0.25, 0.3) is 0 Å². The Hall–Kier alpha value is -1.53. The van der Waals surface area contributed by atoms with E-state index in [1.807, 2.05) is 6.07 Å². The quantitative estimate of drug-likeness (QED) is 0.349. The molecule has 0 spiro atoms. The predicted octanol–water partition coefficient (Wildman–Crippen LogP) is 1.09. The number of esters is 1. The number of carbonyl (C=O) groups is 2. The topological polar surface area (TPSA) is 81.4 Å². The summed E-state index contributed by atoms with van der Waals surface area (Å²) < 4.78 is 4.82. The zero-order valence-electron chi connectivity index (χ0n) is 10.1. The van der Waals surface area contributed by atoms with Crippen molar-refractivity contribution in [3.8, 4) is 0 Å². The number of amides is 1. The molecule has 0 saturated heterocycles. The van der Waals surface area contributed by atoms with Gasteiger partial charge in [0.05, 0.1) is 12.4 Å². The molecule has 98 valence electrons. The number of benzene rings is 1. The molecule has 1 rings (SSSR count). The summed E-state index contributed by atoms with van der Waals surface area (Å²) in [6, 6.07) is 7.11. The second-order valence-corrected chi connectivity index (χ2v) is 4.46. The highest BCUT2D eigenvalue weighted by molar-refractivity contribution is 7.99. The van der Waals surface area contributed by atoms with Crippen LogP contribution in [0.2, 0.25) is 0 Å². The minimum atomic E-state index is -0.327. The SMILES string of the molecule is CCOC(=O)CSCc1cccc(C(=O)NN)c1. The fraction of sp³-hybridized carbons (Fsp3) is 0.333. The Morgan fingerprint density at radius 3 is 2.89 bits per heavy atom. The molecule has 0 aliphatic carbocycles. The summed E-state index contributed by atoms with van der Waals surface area (Å²) in [5.74, 6) is 5.46. The number of carbonyl (C=O) groups excluding carboxylic acids is 2. The van der Waals surface area contributed by atoms with E-state index in [1.165, 1.54) is 11.8 Å². The van der Waals surface area contributed by atoms with Crippen LogP contribution in [0.15, 0.2) is 24.3 Å². The van der Waals surface area contributed by atoms with Gasteiger partial charge in [-0.1, -0.05) is 12.1 Å².